The molecule has 1 unspecified atom stereocenters. The molecule has 0 fully saturated rings. The number of hydrogen-bond donors (Lipinski definition) is 3. The van der Waals surface area contributed by atoms with E-state index in [0.29, 0.717) is 24.5 Å². The standard InChI is InChI=1S/C15H20N2O2/c1-10(2)16-9-13(18)8-12-7-6-11-4-3-5-14(19)15(11)17-12/h3-7,10,13,16,18-19H,8-9H2,1-2H3. The Morgan fingerprint density at radius 3 is 2.74 bits per heavy atom. The summed E-state index contributed by atoms with van der Waals surface area (Å²) in [5.74, 6) is 0.175. The van der Waals surface area contributed by atoms with E-state index in [1.807, 2.05) is 32.0 Å². The van der Waals surface area contributed by atoms with Crippen molar-refractivity contribution >= 4 is 10.9 Å². The smallest absolute Gasteiger partial charge is 0.141 e. The molecule has 102 valence electrons. The van der Waals surface area contributed by atoms with Gasteiger partial charge in [0, 0.05) is 30.1 Å². The SMILES string of the molecule is CC(C)NCC(O)Cc1ccc2cccc(O)c2n1. The summed E-state index contributed by atoms with van der Waals surface area (Å²) in [6.45, 7) is 4.62. The number of aliphatic hydroxyl groups is 1. The molecule has 0 saturated heterocycles. The number of rotatable bonds is 5. The van der Waals surface area contributed by atoms with Gasteiger partial charge in [-0.25, -0.2) is 4.98 Å². The highest BCUT2D eigenvalue weighted by molar-refractivity contribution is 5.84. The van der Waals surface area contributed by atoms with Gasteiger partial charge in [0.15, 0.2) is 0 Å². The van der Waals surface area contributed by atoms with Crippen molar-refractivity contribution < 1.29 is 10.2 Å². The zero-order valence-electron chi connectivity index (χ0n) is 11.3. The van der Waals surface area contributed by atoms with Crippen LogP contribution in [0.4, 0.5) is 0 Å². The number of hydrogen-bond acceptors (Lipinski definition) is 4. The fourth-order valence-electron chi connectivity index (χ4n) is 1.97. The number of phenols is 1. The molecule has 1 aromatic heterocycles. The maximum Gasteiger partial charge on any atom is 0.141 e. The predicted octanol–water partition coefficient (Wildman–Crippen LogP) is 1.84. The number of aliphatic hydroxyl groups excluding tert-OH is 1. The van der Waals surface area contributed by atoms with Gasteiger partial charge in [0.05, 0.1) is 6.10 Å². The van der Waals surface area contributed by atoms with Crippen LogP contribution in [0.1, 0.15) is 19.5 Å². The Bertz CT molecular complexity index is 555. The lowest BCUT2D eigenvalue weighted by atomic mass is 10.1. The normalized spacial score (nSPS) is 13.1. The summed E-state index contributed by atoms with van der Waals surface area (Å²) in [5.41, 5.74) is 1.37. The molecule has 4 nitrogen and oxygen atoms in total. The third-order valence-electron chi connectivity index (χ3n) is 2.96. The Balaban J connectivity index is 2.11. The van der Waals surface area contributed by atoms with E-state index in [1.54, 1.807) is 12.1 Å². The molecule has 4 heteroatoms. The summed E-state index contributed by atoms with van der Waals surface area (Å²) in [7, 11) is 0. The molecule has 0 bridgehead atoms. The highest BCUT2D eigenvalue weighted by Gasteiger charge is 2.09. The Morgan fingerprint density at radius 1 is 1.21 bits per heavy atom. The molecule has 3 N–H and O–H groups in total. The fourth-order valence-corrected chi connectivity index (χ4v) is 1.97. The molecule has 0 aliphatic rings. The number of nitrogens with one attached hydrogen (secondary N) is 1. The van der Waals surface area contributed by atoms with Crippen molar-refractivity contribution in [1.82, 2.24) is 10.3 Å². The number of benzene rings is 1. The van der Waals surface area contributed by atoms with E-state index in [0.717, 1.165) is 11.1 Å². The van der Waals surface area contributed by atoms with E-state index < -0.39 is 6.10 Å². The molecule has 0 spiro atoms. The molecule has 2 rings (SSSR count). The fraction of sp³-hybridized carbons (Fsp3) is 0.400. The number of fused-ring (bicyclic) bond motifs is 1. The maximum atomic E-state index is 9.93. The molecular formula is C15H20N2O2. The van der Waals surface area contributed by atoms with Crippen LogP contribution in [0.2, 0.25) is 0 Å². The summed E-state index contributed by atoms with van der Waals surface area (Å²) in [6, 6.07) is 9.47. The van der Waals surface area contributed by atoms with Crippen LogP contribution in [0.25, 0.3) is 10.9 Å². The van der Waals surface area contributed by atoms with Gasteiger partial charge in [-0.3, -0.25) is 0 Å². The summed E-state index contributed by atoms with van der Waals surface area (Å²) in [6.07, 6.45) is 0.00230. The van der Waals surface area contributed by atoms with Crippen LogP contribution in [0, 0.1) is 0 Å². The molecule has 1 atom stereocenters. The van der Waals surface area contributed by atoms with Crippen LogP contribution in [-0.4, -0.2) is 33.9 Å². The number of pyridine rings is 1. The second kappa shape index (κ2) is 5.99. The zero-order chi connectivity index (χ0) is 13.8. The van der Waals surface area contributed by atoms with E-state index >= 15 is 0 Å². The number of aromatic hydroxyl groups is 1. The van der Waals surface area contributed by atoms with Gasteiger partial charge in [-0.2, -0.15) is 0 Å². The molecule has 19 heavy (non-hydrogen) atoms. The molecule has 0 amide bonds. The number of para-hydroxylation sites is 1. The first-order chi connectivity index (χ1) is 9.06. The number of nitrogens with zero attached hydrogens (tertiary/aromatic N) is 1. The molecule has 0 aliphatic heterocycles. The Labute approximate surface area is 113 Å². The summed E-state index contributed by atoms with van der Waals surface area (Å²) in [5, 5.41) is 23.8. The van der Waals surface area contributed by atoms with Gasteiger partial charge >= 0.3 is 0 Å². The topological polar surface area (TPSA) is 65.4 Å². The van der Waals surface area contributed by atoms with Crippen molar-refractivity contribution in [3.05, 3.63) is 36.0 Å². The molecule has 1 heterocycles. The molecule has 0 radical (unpaired) electrons. The summed E-state index contributed by atoms with van der Waals surface area (Å²) >= 11 is 0. The lowest BCUT2D eigenvalue weighted by molar-refractivity contribution is 0.168. The van der Waals surface area contributed by atoms with Crippen molar-refractivity contribution in [2.24, 2.45) is 0 Å². The average molecular weight is 260 g/mol. The van der Waals surface area contributed by atoms with Crippen molar-refractivity contribution in [2.45, 2.75) is 32.4 Å². The largest absolute Gasteiger partial charge is 0.506 e. The first kappa shape index (κ1) is 13.8. The number of phenolic OH excluding ortho intramolecular Hbond substituents is 1. The molecular weight excluding hydrogens is 240 g/mol. The third kappa shape index (κ3) is 3.66. The maximum absolute atomic E-state index is 9.93. The lowest BCUT2D eigenvalue weighted by Crippen LogP contribution is -2.33. The molecule has 0 aliphatic carbocycles. The van der Waals surface area contributed by atoms with E-state index in [2.05, 4.69) is 10.3 Å². The van der Waals surface area contributed by atoms with Gasteiger partial charge < -0.3 is 15.5 Å². The highest BCUT2D eigenvalue weighted by Crippen LogP contribution is 2.22. The van der Waals surface area contributed by atoms with Crippen LogP contribution >= 0.6 is 0 Å². The minimum absolute atomic E-state index is 0.175. The van der Waals surface area contributed by atoms with Gasteiger partial charge in [-0.15, -0.1) is 0 Å². The van der Waals surface area contributed by atoms with Gasteiger partial charge in [-0.1, -0.05) is 32.0 Å². The molecule has 1 aromatic carbocycles. The van der Waals surface area contributed by atoms with Crippen molar-refractivity contribution in [2.75, 3.05) is 6.54 Å². The van der Waals surface area contributed by atoms with Gasteiger partial charge in [-0.05, 0) is 12.1 Å². The van der Waals surface area contributed by atoms with E-state index in [-0.39, 0.29) is 5.75 Å². The molecule has 0 saturated carbocycles. The van der Waals surface area contributed by atoms with Crippen molar-refractivity contribution in [1.29, 1.82) is 0 Å². The van der Waals surface area contributed by atoms with E-state index in [1.165, 1.54) is 0 Å². The van der Waals surface area contributed by atoms with E-state index in [9.17, 15) is 10.2 Å². The Kier molecular flexibility index (Phi) is 4.35. The van der Waals surface area contributed by atoms with Gasteiger partial charge in [0.1, 0.15) is 11.3 Å². The second-order valence-corrected chi connectivity index (χ2v) is 5.07. The minimum Gasteiger partial charge on any atom is -0.506 e. The second-order valence-electron chi connectivity index (χ2n) is 5.07. The first-order valence-corrected chi connectivity index (χ1v) is 6.55. The Morgan fingerprint density at radius 2 is 2.00 bits per heavy atom. The van der Waals surface area contributed by atoms with Crippen LogP contribution in [-0.2, 0) is 6.42 Å². The van der Waals surface area contributed by atoms with Crippen LogP contribution < -0.4 is 5.32 Å². The van der Waals surface area contributed by atoms with Crippen molar-refractivity contribution in [3.8, 4) is 5.75 Å². The Hall–Kier alpha value is -1.65. The lowest BCUT2D eigenvalue weighted by Gasteiger charge is -2.14. The van der Waals surface area contributed by atoms with Crippen LogP contribution in [0.15, 0.2) is 30.3 Å². The average Bonchev–Trinajstić information content (AvgIpc) is 2.37. The number of aromatic nitrogens is 1. The van der Waals surface area contributed by atoms with Crippen LogP contribution in [0.3, 0.4) is 0 Å². The monoisotopic (exact) mass is 260 g/mol. The predicted molar refractivity (Wildman–Crippen MR) is 76.3 cm³/mol. The van der Waals surface area contributed by atoms with Crippen LogP contribution in [0.5, 0.6) is 5.75 Å². The summed E-state index contributed by atoms with van der Waals surface area (Å²) in [4.78, 5) is 4.40. The van der Waals surface area contributed by atoms with Gasteiger partial charge in [0.2, 0.25) is 0 Å². The summed E-state index contributed by atoms with van der Waals surface area (Å²) < 4.78 is 0. The molecule has 2 aromatic rings. The zero-order valence-corrected chi connectivity index (χ0v) is 11.3. The first-order valence-electron chi connectivity index (χ1n) is 6.55. The highest BCUT2D eigenvalue weighted by atomic mass is 16.3. The van der Waals surface area contributed by atoms with E-state index in [4.69, 9.17) is 0 Å². The van der Waals surface area contributed by atoms with Crippen molar-refractivity contribution in [3.63, 3.8) is 0 Å². The third-order valence-corrected chi connectivity index (χ3v) is 2.96. The quantitative estimate of drug-likeness (QED) is 0.767. The minimum atomic E-state index is -0.474. The van der Waals surface area contributed by atoms with Gasteiger partial charge in [0.25, 0.3) is 0 Å².